The van der Waals surface area contributed by atoms with Gasteiger partial charge in [-0.1, -0.05) is 13.8 Å². The van der Waals surface area contributed by atoms with Crippen LogP contribution in [0, 0.1) is 47.5 Å². The zero-order valence-corrected chi connectivity index (χ0v) is 21.1. The van der Waals surface area contributed by atoms with Crippen molar-refractivity contribution in [1.82, 2.24) is 9.88 Å². The number of rotatable bonds is 4. The zero-order chi connectivity index (χ0) is 24.0. The van der Waals surface area contributed by atoms with E-state index >= 15 is 0 Å². The molecule has 170 valence electrons. The van der Waals surface area contributed by atoms with Crippen LogP contribution in [0.25, 0.3) is 11.3 Å². The highest BCUT2D eigenvalue weighted by Crippen LogP contribution is 2.40. The molecule has 0 saturated heterocycles. The third kappa shape index (κ3) is 4.12. The molecule has 0 unspecified atom stereocenters. The van der Waals surface area contributed by atoms with Gasteiger partial charge in [-0.05, 0) is 76.6 Å². The SMILES string of the molecule is Cc1nc(C)c(-c2c(C)c(C)c(N(C)C(=O)C(=O)N(C)C(C)(C)C(C)C)c(C)c2C)o1. The highest BCUT2D eigenvalue weighted by molar-refractivity contribution is 6.40. The molecule has 6 nitrogen and oxygen atoms in total. The van der Waals surface area contributed by atoms with Gasteiger partial charge in [0.05, 0.1) is 11.4 Å². The normalized spacial score (nSPS) is 11.8. The summed E-state index contributed by atoms with van der Waals surface area (Å²) in [6.07, 6.45) is 0. The maximum absolute atomic E-state index is 13.2. The fourth-order valence-corrected chi connectivity index (χ4v) is 3.94. The summed E-state index contributed by atoms with van der Waals surface area (Å²) in [6, 6.07) is 0. The van der Waals surface area contributed by atoms with E-state index in [1.807, 2.05) is 69.2 Å². The number of aromatic nitrogens is 1. The van der Waals surface area contributed by atoms with Gasteiger partial charge in [-0.25, -0.2) is 4.98 Å². The maximum Gasteiger partial charge on any atom is 0.316 e. The summed E-state index contributed by atoms with van der Waals surface area (Å²) in [5.74, 6) is 0.537. The minimum atomic E-state index is -0.541. The van der Waals surface area contributed by atoms with Crippen LogP contribution in [0.15, 0.2) is 4.42 Å². The van der Waals surface area contributed by atoms with Gasteiger partial charge in [-0.3, -0.25) is 9.59 Å². The van der Waals surface area contributed by atoms with Crippen LogP contribution in [0.2, 0.25) is 0 Å². The van der Waals surface area contributed by atoms with Gasteiger partial charge in [-0.2, -0.15) is 0 Å². The Labute approximate surface area is 186 Å². The molecule has 0 spiro atoms. The molecule has 0 saturated carbocycles. The first-order chi connectivity index (χ1) is 14.1. The number of carbonyl (C=O) groups is 2. The highest BCUT2D eigenvalue weighted by Gasteiger charge is 2.36. The molecule has 1 heterocycles. The summed E-state index contributed by atoms with van der Waals surface area (Å²) in [6.45, 7) is 19.8. The molecule has 2 rings (SSSR count). The number of anilines is 1. The lowest BCUT2D eigenvalue weighted by Gasteiger charge is -2.39. The van der Waals surface area contributed by atoms with Crippen LogP contribution in [0.5, 0.6) is 0 Å². The van der Waals surface area contributed by atoms with E-state index in [0.29, 0.717) is 5.89 Å². The molecular formula is C25H37N3O3. The molecule has 0 aliphatic rings. The third-order valence-electron chi connectivity index (χ3n) is 7.12. The quantitative estimate of drug-likeness (QED) is 0.641. The van der Waals surface area contributed by atoms with Crippen molar-refractivity contribution in [2.75, 3.05) is 19.0 Å². The van der Waals surface area contributed by atoms with Crippen LogP contribution in [-0.2, 0) is 9.59 Å². The van der Waals surface area contributed by atoms with Gasteiger partial charge in [0, 0.05) is 32.1 Å². The Hall–Kier alpha value is -2.63. The number of aryl methyl sites for hydroxylation is 2. The minimum absolute atomic E-state index is 0.209. The van der Waals surface area contributed by atoms with E-state index in [1.165, 1.54) is 4.90 Å². The summed E-state index contributed by atoms with van der Waals surface area (Å²) in [5, 5.41) is 0. The van der Waals surface area contributed by atoms with Gasteiger partial charge < -0.3 is 14.2 Å². The van der Waals surface area contributed by atoms with Crippen LogP contribution in [0.4, 0.5) is 5.69 Å². The molecule has 0 aliphatic carbocycles. The second-order valence-corrected chi connectivity index (χ2v) is 9.41. The van der Waals surface area contributed by atoms with Crippen molar-refractivity contribution in [1.29, 1.82) is 0 Å². The van der Waals surface area contributed by atoms with E-state index in [0.717, 1.165) is 45.0 Å². The predicted octanol–water partition coefficient (Wildman–Crippen LogP) is 5.05. The van der Waals surface area contributed by atoms with Crippen LogP contribution >= 0.6 is 0 Å². The van der Waals surface area contributed by atoms with E-state index in [-0.39, 0.29) is 5.92 Å². The molecule has 2 amide bonds. The van der Waals surface area contributed by atoms with Crippen molar-refractivity contribution in [3.63, 3.8) is 0 Å². The molecule has 31 heavy (non-hydrogen) atoms. The Balaban J connectivity index is 2.56. The van der Waals surface area contributed by atoms with Gasteiger partial charge in [0.1, 0.15) is 0 Å². The number of benzene rings is 1. The van der Waals surface area contributed by atoms with Crippen LogP contribution in [-0.4, -0.2) is 41.3 Å². The molecule has 0 N–H and O–H groups in total. The standard InChI is InChI=1S/C25H37N3O3/c1-13(2)25(9,10)28(12)24(30)23(29)27(11)21-16(5)14(3)20(15(4)17(21)6)22-18(7)26-19(8)31-22/h13H,1-12H3. The van der Waals surface area contributed by atoms with Crippen molar-refractivity contribution in [3.8, 4) is 11.3 Å². The fraction of sp³-hybridized carbons (Fsp3) is 0.560. The Bertz CT molecular complexity index is 1000. The second-order valence-electron chi connectivity index (χ2n) is 9.41. The highest BCUT2D eigenvalue weighted by atomic mass is 16.4. The van der Waals surface area contributed by atoms with Crippen molar-refractivity contribution >= 4 is 17.5 Å². The topological polar surface area (TPSA) is 66.7 Å². The van der Waals surface area contributed by atoms with Gasteiger partial charge in [0.2, 0.25) is 0 Å². The average Bonchev–Trinajstić information content (AvgIpc) is 3.02. The third-order valence-corrected chi connectivity index (χ3v) is 7.12. The predicted molar refractivity (Wildman–Crippen MR) is 125 cm³/mol. The molecule has 6 heteroatoms. The van der Waals surface area contributed by atoms with E-state index < -0.39 is 17.4 Å². The lowest BCUT2D eigenvalue weighted by Crippen LogP contribution is -2.53. The van der Waals surface area contributed by atoms with E-state index in [1.54, 1.807) is 19.0 Å². The first-order valence-electron chi connectivity index (χ1n) is 10.7. The number of carbonyl (C=O) groups excluding carboxylic acids is 2. The molecule has 1 aromatic carbocycles. The Morgan fingerprint density at radius 1 is 0.871 bits per heavy atom. The number of amides is 2. The maximum atomic E-state index is 13.2. The Morgan fingerprint density at radius 2 is 1.35 bits per heavy atom. The van der Waals surface area contributed by atoms with Crippen molar-refractivity contribution in [2.24, 2.45) is 5.92 Å². The molecule has 2 aromatic rings. The van der Waals surface area contributed by atoms with E-state index in [9.17, 15) is 9.59 Å². The fourth-order valence-electron chi connectivity index (χ4n) is 3.94. The summed E-state index contributed by atoms with van der Waals surface area (Å²) < 4.78 is 5.90. The van der Waals surface area contributed by atoms with E-state index in [2.05, 4.69) is 4.98 Å². The van der Waals surface area contributed by atoms with Crippen LogP contribution in [0.1, 0.15) is 61.5 Å². The summed E-state index contributed by atoms with van der Waals surface area (Å²) >= 11 is 0. The van der Waals surface area contributed by atoms with E-state index in [4.69, 9.17) is 4.42 Å². The number of likely N-dealkylation sites (N-methyl/N-ethyl adjacent to an activating group) is 2. The molecular weight excluding hydrogens is 390 g/mol. The molecule has 0 radical (unpaired) electrons. The Morgan fingerprint density at radius 3 is 1.74 bits per heavy atom. The lowest BCUT2D eigenvalue weighted by molar-refractivity contribution is -0.147. The van der Waals surface area contributed by atoms with Gasteiger partial charge in [0.15, 0.2) is 11.7 Å². The molecule has 0 fully saturated rings. The first-order valence-corrected chi connectivity index (χ1v) is 10.7. The average molecular weight is 428 g/mol. The number of hydrogen-bond donors (Lipinski definition) is 0. The summed E-state index contributed by atoms with van der Waals surface area (Å²) in [5.41, 5.74) is 6.09. The molecule has 1 aromatic heterocycles. The van der Waals surface area contributed by atoms with Crippen molar-refractivity contribution in [2.45, 2.75) is 74.8 Å². The Kier molecular flexibility index (Phi) is 6.74. The van der Waals surface area contributed by atoms with Gasteiger partial charge >= 0.3 is 11.8 Å². The van der Waals surface area contributed by atoms with Gasteiger partial charge in [-0.15, -0.1) is 0 Å². The molecule has 0 bridgehead atoms. The lowest BCUT2D eigenvalue weighted by atomic mass is 9.88. The van der Waals surface area contributed by atoms with Crippen molar-refractivity contribution in [3.05, 3.63) is 33.8 Å². The smallest absolute Gasteiger partial charge is 0.316 e. The number of hydrogen-bond acceptors (Lipinski definition) is 4. The first kappa shape index (κ1) is 24.6. The monoisotopic (exact) mass is 427 g/mol. The largest absolute Gasteiger partial charge is 0.441 e. The summed E-state index contributed by atoms with van der Waals surface area (Å²) in [4.78, 5) is 33.7. The second kappa shape index (κ2) is 8.48. The molecule has 0 aliphatic heterocycles. The van der Waals surface area contributed by atoms with Crippen LogP contribution in [0.3, 0.4) is 0 Å². The van der Waals surface area contributed by atoms with Crippen molar-refractivity contribution < 1.29 is 14.0 Å². The van der Waals surface area contributed by atoms with Gasteiger partial charge in [0.25, 0.3) is 0 Å². The summed E-state index contributed by atoms with van der Waals surface area (Å²) in [7, 11) is 3.37. The minimum Gasteiger partial charge on any atom is -0.441 e. The molecule has 0 atom stereocenters. The van der Waals surface area contributed by atoms with Crippen LogP contribution < -0.4 is 4.90 Å². The number of oxazole rings is 1. The number of nitrogens with zero attached hydrogens (tertiary/aromatic N) is 3. The zero-order valence-electron chi connectivity index (χ0n) is 21.1.